The van der Waals surface area contributed by atoms with Gasteiger partial charge in [0.05, 0.1) is 0 Å². The molecule has 1 aliphatic heterocycles. The summed E-state index contributed by atoms with van der Waals surface area (Å²) < 4.78 is 0. The standard InChI is InChI=1S/C7H15NS/c1-7(2)4-6(9)5-8(7)3/h6,9H,4-5H2,1-3H3. The molecule has 2 heteroatoms. The third-order valence-corrected chi connectivity index (χ3v) is 2.60. The van der Waals surface area contributed by atoms with Gasteiger partial charge in [-0.1, -0.05) is 0 Å². The first-order chi connectivity index (χ1) is 4.02. The van der Waals surface area contributed by atoms with Gasteiger partial charge in [0.2, 0.25) is 0 Å². The van der Waals surface area contributed by atoms with E-state index in [4.69, 9.17) is 0 Å². The molecule has 0 N–H and O–H groups in total. The van der Waals surface area contributed by atoms with Gasteiger partial charge in [0.15, 0.2) is 0 Å². The molecule has 1 fully saturated rings. The Morgan fingerprint density at radius 1 is 1.56 bits per heavy atom. The predicted octanol–water partition coefficient (Wildman–Crippen LogP) is 1.40. The van der Waals surface area contributed by atoms with Gasteiger partial charge in [-0.2, -0.15) is 12.6 Å². The molecule has 9 heavy (non-hydrogen) atoms. The van der Waals surface area contributed by atoms with Gasteiger partial charge >= 0.3 is 0 Å². The maximum atomic E-state index is 4.42. The van der Waals surface area contributed by atoms with Crippen molar-refractivity contribution < 1.29 is 0 Å². The van der Waals surface area contributed by atoms with Gasteiger partial charge in [-0.3, -0.25) is 0 Å². The van der Waals surface area contributed by atoms with E-state index in [2.05, 4.69) is 38.4 Å². The third-order valence-electron chi connectivity index (χ3n) is 2.25. The van der Waals surface area contributed by atoms with Gasteiger partial charge in [-0.25, -0.2) is 0 Å². The van der Waals surface area contributed by atoms with Crippen molar-refractivity contribution in [3.05, 3.63) is 0 Å². The van der Waals surface area contributed by atoms with Gasteiger partial charge in [-0.05, 0) is 27.3 Å². The molecule has 1 aliphatic rings. The van der Waals surface area contributed by atoms with Gasteiger partial charge in [0, 0.05) is 17.3 Å². The van der Waals surface area contributed by atoms with Crippen molar-refractivity contribution in [2.45, 2.75) is 31.1 Å². The molecule has 0 aliphatic carbocycles. The van der Waals surface area contributed by atoms with Crippen LogP contribution in [-0.2, 0) is 0 Å². The smallest absolute Gasteiger partial charge is 0.0162 e. The molecule has 0 aromatic heterocycles. The van der Waals surface area contributed by atoms with Crippen LogP contribution in [0.25, 0.3) is 0 Å². The van der Waals surface area contributed by atoms with Crippen LogP contribution in [-0.4, -0.2) is 29.3 Å². The van der Waals surface area contributed by atoms with Crippen LogP contribution in [0.3, 0.4) is 0 Å². The molecule has 1 nitrogen and oxygen atoms in total. The number of likely N-dealkylation sites (tertiary alicyclic amines) is 1. The predicted molar refractivity (Wildman–Crippen MR) is 44.1 cm³/mol. The summed E-state index contributed by atoms with van der Waals surface area (Å²) in [5.41, 5.74) is 0.381. The maximum absolute atomic E-state index is 4.42. The lowest BCUT2D eigenvalue weighted by Crippen LogP contribution is -2.34. The molecule has 1 saturated heterocycles. The zero-order valence-electron chi connectivity index (χ0n) is 6.39. The van der Waals surface area contributed by atoms with Crippen LogP contribution in [0.15, 0.2) is 0 Å². The Hall–Kier alpha value is 0.310. The van der Waals surface area contributed by atoms with E-state index in [1.807, 2.05) is 0 Å². The van der Waals surface area contributed by atoms with Crippen molar-refractivity contribution in [2.75, 3.05) is 13.6 Å². The molecule has 54 valence electrons. The van der Waals surface area contributed by atoms with E-state index in [0.29, 0.717) is 10.8 Å². The zero-order valence-corrected chi connectivity index (χ0v) is 7.28. The van der Waals surface area contributed by atoms with Crippen LogP contribution < -0.4 is 0 Å². The molecular weight excluding hydrogens is 130 g/mol. The second-order valence-corrected chi connectivity index (χ2v) is 4.28. The molecular formula is C7H15NS. The van der Waals surface area contributed by atoms with Crippen molar-refractivity contribution in [1.82, 2.24) is 4.90 Å². The molecule has 1 unspecified atom stereocenters. The highest BCUT2D eigenvalue weighted by atomic mass is 32.1. The van der Waals surface area contributed by atoms with Gasteiger partial charge in [0.25, 0.3) is 0 Å². The van der Waals surface area contributed by atoms with E-state index in [9.17, 15) is 0 Å². The second-order valence-electron chi connectivity index (χ2n) is 3.55. The molecule has 1 heterocycles. The van der Waals surface area contributed by atoms with E-state index in [1.165, 1.54) is 6.42 Å². The van der Waals surface area contributed by atoms with Crippen molar-refractivity contribution in [1.29, 1.82) is 0 Å². The third kappa shape index (κ3) is 1.41. The Labute approximate surface area is 62.8 Å². The lowest BCUT2D eigenvalue weighted by molar-refractivity contribution is 0.218. The molecule has 0 aromatic carbocycles. The maximum Gasteiger partial charge on any atom is 0.0162 e. The highest BCUT2D eigenvalue weighted by Crippen LogP contribution is 2.29. The average Bonchev–Trinajstić information content (AvgIpc) is 1.79. The first-order valence-electron chi connectivity index (χ1n) is 3.42. The first-order valence-corrected chi connectivity index (χ1v) is 3.93. The van der Waals surface area contributed by atoms with E-state index in [1.54, 1.807) is 0 Å². The number of rotatable bonds is 0. The quantitative estimate of drug-likeness (QED) is 0.504. The first kappa shape index (κ1) is 7.42. The minimum absolute atomic E-state index is 0.381. The van der Waals surface area contributed by atoms with Crippen LogP contribution in [0.1, 0.15) is 20.3 Å². The summed E-state index contributed by atoms with van der Waals surface area (Å²) in [6, 6.07) is 0. The minimum atomic E-state index is 0.381. The topological polar surface area (TPSA) is 3.24 Å². The van der Waals surface area contributed by atoms with Gasteiger partial charge < -0.3 is 4.90 Å². The molecule has 1 atom stereocenters. The van der Waals surface area contributed by atoms with Crippen LogP contribution >= 0.6 is 12.6 Å². The SMILES string of the molecule is CN1CC(S)CC1(C)C. The Bertz CT molecular complexity index is 111. The number of thiol groups is 1. The summed E-state index contributed by atoms with van der Waals surface area (Å²) in [4.78, 5) is 2.37. The van der Waals surface area contributed by atoms with Crippen molar-refractivity contribution in [2.24, 2.45) is 0 Å². The fourth-order valence-electron chi connectivity index (χ4n) is 1.36. The zero-order chi connectivity index (χ0) is 7.07. The Kier molecular flexibility index (Phi) is 1.79. The van der Waals surface area contributed by atoms with E-state index < -0.39 is 0 Å². The number of hydrogen-bond acceptors (Lipinski definition) is 2. The van der Waals surface area contributed by atoms with Gasteiger partial charge in [0.1, 0.15) is 0 Å². The Morgan fingerprint density at radius 3 is 2.22 bits per heavy atom. The van der Waals surface area contributed by atoms with Gasteiger partial charge in [-0.15, -0.1) is 0 Å². The monoisotopic (exact) mass is 145 g/mol. The molecule has 0 aromatic rings. The van der Waals surface area contributed by atoms with Crippen LogP contribution in [0.4, 0.5) is 0 Å². The molecule has 0 saturated carbocycles. The summed E-state index contributed by atoms with van der Waals surface area (Å²) in [5.74, 6) is 0. The Balaban J connectivity index is 2.58. The molecule has 1 rings (SSSR count). The van der Waals surface area contributed by atoms with Crippen molar-refractivity contribution >= 4 is 12.6 Å². The fraction of sp³-hybridized carbons (Fsp3) is 1.00. The summed E-state index contributed by atoms with van der Waals surface area (Å²) in [6.45, 7) is 5.67. The summed E-state index contributed by atoms with van der Waals surface area (Å²) in [5, 5.41) is 0.588. The highest BCUT2D eigenvalue weighted by molar-refractivity contribution is 7.81. The molecule has 0 amide bonds. The lowest BCUT2D eigenvalue weighted by atomic mass is 10.0. The number of hydrogen-bond donors (Lipinski definition) is 1. The lowest BCUT2D eigenvalue weighted by Gasteiger charge is -2.26. The summed E-state index contributed by atoms with van der Waals surface area (Å²) in [7, 11) is 2.16. The van der Waals surface area contributed by atoms with Crippen LogP contribution in [0.5, 0.6) is 0 Å². The minimum Gasteiger partial charge on any atom is -0.300 e. The summed E-state index contributed by atoms with van der Waals surface area (Å²) >= 11 is 4.42. The average molecular weight is 145 g/mol. The second kappa shape index (κ2) is 2.17. The normalized spacial score (nSPS) is 35.3. The molecule has 0 spiro atoms. The van der Waals surface area contributed by atoms with E-state index in [-0.39, 0.29) is 0 Å². The fourth-order valence-corrected chi connectivity index (χ4v) is 2.05. The van der Waals surface area contributed by atoms with E-state index >= 15 is 0 Å². The van der Waals surface area contributed by atoms with Crippen molar-refractivity contribution in [3.63, 3.8) is 0 Å². The van der Waals surface area contributed by atoms with Crippen LogP contribution in [0, 0.1) is 0 Å². The van der Waals surface area contributed by atoms with Crippen LogP contribution in [0.2, 0.25) is 0 Å². The number of nitrogens with zero attached hydrogens (tertiary/aromatic N) is 1. The largest absolute Gasteiger partial charge is 0.300 e. The van der Waals surface area contributed by atoms with E-state index in [0.717, 1.165) is 6.54 Å². The molecule has 0 bridgehead atoms. The Morgan fingerprint density at radius 2 is 2.11 bits per heavy atom. The molecule has 0 radical (unpaired) electrons. The highest BCUT2D eigenvalue weighted by Gasteiger charge is 2.33. The van der Waals surface area contributed by atoms with Crippen molar-refractivity contribution in [3.8, 4) is 0 Å². The summed E-state index contributed by atoms with van der Waals surface area (Å²) in [6.07, 6.45) is 1.21.